The van der Waals surface area contributed by atoms with Crippen molar-refractivity contribution in [2.45, 2.75) is 134 Å². The lowest BCUT2D eigenvalue weighted by molar-refractivity contribution is -0.168. The standard InChI is InChI=1S/C36H57F2NO8/c1-4-6-8-12-15-22-35(37,38)23-16-13-10-9-11-14-17-30(36(45,34(43)44)24-26-46-3)32(40)39-31(33(41)42)27-28-18-20-29(21-19-28)47-25-7-5-2/h14,17-21,30-31,45H,4-13,15-16,22-27H2,1-3H3,(H,39,40)(H,41,42)(H,43,44)/b17-14+/t30-,31+,36+/m1/s1. The molecule has 9 nitrogen and oxygen atoms in total. The number of alkyl halides is 2. The number of ether oxygens (including phenoxy) is 2. The van der Waals surface area contributed by atoms with E-state index in [2.05, 4.69) is 19.2 Å². The zero-order valence-electron chi connectivity index (χ0n) is 28.5. The Hall–Kier alpha value is -3.05. The maximum Gasteiger partial charge on any atom is 0.336 e. The van der Waals surface area contributed by atoms with E-state index in [4.69, 9.17) is 9.47 Å². The molecule has 0 radical (unpaired) electrons. The van der Waals surface area contributed by atoms with Gasteiger partial charge in [0.1, 0.15) is 11.8 Å². The lowest BCUT2D eigenvalue weighted by Crippen LogP contribution is -2.55. The number of aliphatic carboxylic acids is 2. The summed E-state index contributed by atoms with van der Waals surface area (Å²) in [5.74, 6) is -7.54. The number of methoxy groups -OCH3 is 1. The molecule has 47 heavy (non-hydrogen) atoms. The van der Waals surface area contributed by atoms with E-state index in [0.29, 0.717) is 56.4 Å². The molecule has 0 aliphatic carbocycles. The Bertz CT molecular complexity index is 1070. The molecule has 0 aliphatic rings. The third-order valence-electron chi connectivity index (χ3n) is 8.24. The molecule has 3 atom stereocenters. The summed E-state index contributed by atoms with van der Waals surface area (Å²) in [6.45, 7) is 4.55. The number of carbonyl (C=O) groups is 3. The summed E-state index contributed by atoms with van der Waals surface area (Å²) < 4.78 is 38.9. The summed E-state index contributed by atoms with van der Waals surface area (Å²) in [7, 11) is 1.33. The highest BCUT2D eigenvalue weighted by Gasteiger charge is 2.47. The van der Waals surface area contributed by atoms with Crippen LogP contribution in [0.1, 0.15) is 116 Å². The first kappa shape index (κ1) is 42.0. The van der Waals surface area contributed by atoms with E-state index in [-0.39, 0.29) is 25.9 Å². The largest absolute Gasteiger partial charge is 0.494 e. The van der Waals surface area contributed by atoms with Gasteiger partial charge in [0, 0.05) is 39.4 Å². The predicted molar refractivity (Wildman–Crippen MR) is 178 cm³/mol. The molecule has 11 heteroatoms. The van der Waals surface area contributed by atoms with Crippen molar-refractivity contribution in [2.24, 2.45) is 5.92 Å². The second kappa shape index (κ2) is 23.3. The molecule has 1 rings (SSSR count). The molecular formula is C36H57F2NO8. The molecule has 4 N–H and O–H groups in total. The average Bonchev–Trinajstić information content (AvgIpc) is 3.03. The van der Waals surface area contributed by atoms with E-state index in [1.807, 2.05) is 0 Å². The average molecular weight is 670 g/mol. The molecule has 0 aliphatic heterocycles. The number of carboxylic acid groups (broad SMARTS) is 2. The van der Waals surface area contributed by atoms with Crippen LogP contribution in [-0.4, -0.2) is 71.1 Å². The van der Waals surface area contributed by atoms with Gasteiger partial charge >= 0.3 is 11.9 Å². The van der Waals surface area contributed by atoms with Crippen LogP contribution < -0.4 is 10.1 Å². The molecule has 0 fully saturated rings. The van der Waals surface area contributed by atoms with Gasteiger partial charge in [0.05, 0.1) is 12.5 Å². The van der Waals surface area contributed by atoms with E-state index in [0.717, 1.165) is 38.5 Å². The van der Waals surface area contributed by atoms with Crippen LogP contribution in [0.3, 0.4) is 0 Å². The van der Waals surface area contributed by atoms with Crippen molar-refractivity contribution >= 4 is 17.8 Å². The Balaban J connectivity index is 2.82. The van der Waals surface area contributed by atoms with Crippen molar-refractivity contribution in [3.63, 3.8) is 0 Å². The summed E-state index contributed by atoms with van der Waals surface area (Å²) in [5, 5.41) is 33.3. The van der Waals surface area contributed by atoms with Crippen LogP contribution in [0, 0.1) is 5.92 Å². The van der Waals surface area contributed by atoms with Crippen molar-refractivity contribution in [3.8, 4) is 5.75 Å². The fourth-order valence-electron chi connectivity index (χ4n) is 5.21. The Labute approximate surface area is 279 Å². The van der Waals surface area contributed by atoms with E-state index in [1.54, 1.807) is 30.3 Å². The van der Waals surface area contributed by atoms with Crippen molar-refractivity contribution < 1.29 is 48.0 Å². The summed E-state index contributed by atoms with van der Waals surface area (Å²) in [6, 6.07) is 5.43. The number of aliphatic hydroxyl groups is 1. The second-order valence-corrected chi connectivity index (χ2v) is 12.3. The Morgan fingerprint density at radius 3 is 2.00 bits per heavy atom. The van der Waals surface area contributed by atoms with Gasteiger partial charge in [-0.25, -0.2) is 18.4 Å². The Morgan fingerprint density at radius 2 is 1.45 bits per heavy atom. The van der Waals surface area contributed by atoms with Gasteiger partial charge in [0.15, 0.2) is 5.60 Å². The predicted octanol–water partition coefficient (Wildman–Crippen LogP) is 7.34. The van der Waals surface area contributed by atoms with Crippen LogP contribution in [0.15, 0.2) is 36.4 Å². The van der Waals surface area contributed by atoms with Gasteiger partial charge < -0.3 is 30.1 Å². The minimum atomic E-state index is -2.66. The topological polar surface area (TPSA) is 142 Å². The lowest BCUT2D eigenvalue weighted by Gasteiger charge is -2.30. The van der Waals surface area contributed by atoms with Crippen LogP contribution in [0.5, 0.6) is 5.75 Å². The molecule has 0 bridgehead atoms. The van der Waals surface area contributed by atoms with Gasteiger partial charge in [-0.2, -0.15) is 0 Å². The minimum absolute atomic E-state index is 0.0752. The number of benzene rings is 1. The molecule has 0 saturated heterocycles. The van der Waals surface area contributed by atoms with Crippen LogP contribution >= 0.6 is 0 Å². The monoisotopic (exact) mass is 669 g/mol. The maximum atomic E-state index is 14.2. The van der Waals surface area contributed by atoms with Crippen LogP contribution in [0.4, 0.5) is 8.78 Å². The Morgan fingerprint density at radius 1 is 0.851 bits per heavy atom. The highest BCUT2D eigenvalue weighted by atomic mass is 19.3. The zero-order valence-corrected chi connectivity index (χ0v) is 28.5. The minimum Gasteiger partial charge on any atom is -0.494 e. The van der Waals surface area contributed by atoms with E-state index < -0.39 is 47.7 Å². The highest BCUT2D eigenvalue weighted by molar-refractivity contribution is 5.92. The SMILES string of the molecule is CCCCCCCC(F)(F)CCCCCC/C=C/[C@H](C(=O)N[C@@H](Cc1ccc(OCCCC)cc1)C(=O)O)[C@@](O)(CCOC)C(=O)O. The third-order valence-corrected chi connectivity index (χ3v) is 8.24. The molecule has 1 aromatic carbocycles. The number of carboxylic acids is 2. The Kier molecular flexibility index (Phi) is 20.8. The molecule has 268 valence electrons. The van der Waals surface area contributed by atoms with Gasteiger partial charge in [0.25, 0.3) is 0 Å². The molecule has 0 spiro atoms. The first-order valence-corrected chi connectivity index (χ1v) is 17.1. The van der Waals surface area contributed by atoms with Gasteiger partial charge in [-0.1, -0.05) is 83.1 Å². The van der Waals surface area contributed by atoms with Crippen molar-refractivity contribution in [1.82, 2.24) is 5.32 Å². The van der Waals surface area contributed by atoms with Crippen LogP contribution in [0.2, 0.25) is 0 Å². The van der Waals surface area contributed by atoms with E-state index in [9.17, 15) is 38.5 Å². The molecule has 0 unspecified atom stereocenters. The summed E-state index contributed by atoms with van der Waals surface area (Å²) in [6.07, 6.45) is 11.3. The molecular weight excluding hydrogens is 612 g/mol. The summed E-state index contributed by atoms with van der Waals surface area (Å²) in [4.78, 5) is 37.7. The zero-order chi connectivity index (χ0) is 35.1. The summed E-state index contributed by atoms with van der Waals surface area (Å²) >= 11 is 0. The molecule has 1 aromatic rings. The van der Waals surface area contributed by atoms with E-state index >= 15 is 0 Å². The second-order valence-electron chi connectivity index (χ2n) is 12.3. The number of halogens is 2. The van der Waals surface area contributed by atoms with Gasteiger partial charge in [-0.3, -0.25) is 4.79 Å². The lowest BCUT2D eigenvalue weighted by atomic mass is 9.83. The molecule has 0 aromatic heterocycles. The number of carbonyl (C=O) groups excluding carboxylic acids is 1. The van der Waals surface area contributed by atoms with Gasteiger partial charge in [-0.15, -0.1) is 0 Å². The van der Waals surface area contributed by atoms with Crippen molar-refractivity contribution in [1.29, 1.82) is 0 Å². The number of rotatable bonds is 28. The number of hydrogen-bond donors (Lipinski definition) is 4. The number of amides is 1. The van der Waals surface area contributed by atoms with Crippen LogP contribution in [0.25, 0.3) is 0 Å². The normalized spacial score (nSPS) is 14.4. The molecule has 0 saturated carbocycles. The third kappa shape index (κ3) is 17.1. The van der Waals surface area contributed by atoms with E-state index in [1.165, 1.54) is 13.2 Å². The number of allylic oxidation sites excluding steroid dienone is 1. The first-order valence-electron chi connectivity index (χ1n) is 17.1. The van der Waals surface area contributed by atoms with Crippen LogP contribution in [-0.2, 0) is 25.5 Å². The van der Waals surface area contributed by atoms with Gasteiger partial charge in [0.2, 0.25) is 11.8 Å². The molecule has 1 amide bonds. The smallest absolute Gasteiger partial charge is 0.336 e. The number of unbranched alkanes of at least 4 members (excludes halogenated alkanes) is 9. The first-order chi connectivity index (χ1) is 22.4. The molecule has 0 heterocycles. The summed E-state index contributed by atoms with van der Waals surface area (Å²) in [5.41, 5.74) is -1.94. The number of nitrogens with one attached hydrogen (secondary N) is 1. The van der Waals surface area contributed by atoms with Crippen molar-refractivity contribution in [2.75, 3.05) is 20.3 Å². The van der Waals surface area contributed by atoms with Gasteiger partial charge in [-0.05, 0) is 49.8 Å². The highest BCUT2D eigenvalue weighted by Crippen LogP contribution is 2.29. The maximum absolute atomic E-state index is 14.2. The fraction of sp³-hybridized carbons (Fsp3) is 0.694. The van der Waals surface area contributed by atoms with Crippen molar-refractivity contribution in [3.05, 3.63) is 42.0 Å². The fourth-order valence-corrected chi connectivity index (χ4v) is 5.21. The quantitative estimate of drug-likeness (QED) is 0.0537. The number of hydrogen-bond acceptors (Lipinski definition) is 6.